The summed E-state index contributed by atoms with van der Waals surface area (Å²) in [4.78, 5) is 21.5. The van der Waals surface area contributed by atoms with Crippen LogP contribution in [-0.4, -0.2) is 51.7 Å². The Bertz CT molecular complexity index is 925. The van der Waals surface area contributed by atoms with E-state index >= 15 is 0 Å². The van der Waals surface area contributed by atoms with Crippen molar-refractivity contribution in [3.05, 3.63) is 60.3 Å². The molecule has 4 heterocycles. The molecular formula is C20H24FN7. The van der Waals surface area contributed by atoms with Gasteiger partial charge in [-0.25, -0.2) is 14.4 Å². The van der Waals surface area contributed by atoms with Gasteiger partial charge in [-0.3, -0.25) is 4.98 Å². The average molecular weight is 381 g/mol. The maximum atomic E-state index is 13.9. The molecule has 1 fully saturated rings. The third-order valence-corrected chi connectivity index (χ3v) is 5.01. The molecule has 4 rings (SSSR count). The van der Waals surface area contributed by atoms with E-state index in [0.717, 1.165) is 37.4 Å². The highest BCUT2D eigenvalue weighted by molar-refractivity contribution is 5.44. The van der Waals surface area contributed by atoms with Crippen LogP contribution in [0.25, 0.3) is 0 Å². The van der Waals surface area contributed by atoms with Crippen molar-refractivity contribution in [1.82, 2.24) is 24.5 Å². The van der Waals surface area contributed by atoms with Crippen molar-refractivity contribution < 1.29 is 4.39 Å². The summed E-state index contributed by atoms with van der Waals surface area (Å²) < 4.78 is 16.1. The highest BCUT2D eigenvalue weighted by atomic mass is 19.1. The molecule has 0 N–H and O–H groups in total. The van der Waals surface area contributed by atoms with Crippen LogP contribution in [0.5, 0.6) is 0 Å². The first-order chi connectivity index (χ1) is 13.6. The lowest BCUT2D eigenvalue weighted by Gasteiger charge is -2.33. The summed E-state index contributed by atoms with van der Waals surface area (Å²) in [5.74, 6) is 1.78. The van der Waals surface area contributed by atoms with Crippen LogP contribution in [0.1, 0.15) is 30.3 Å². The molecule has 146 valence electrons. The minimum absolute atomic E-state index is 0.268. The molecule has 3 aromatic heterocycles. The van der Waals surface area contributed by atoms with Crippen LogP contribution in [0.2, 0.25) is 0 Å². The van der Waals surface area contributed by atoms with Gasteiger partial charge in [0.2, 0.25) is 5.95 Å². The number of pyridine rings is 1. The van der Waals surface area contributed by atoms with Crippen LogP contribution in [0.4, 0.5) is 16.2 Å². The van der Waals surface area contributed by atoms with Gasteiger partial charge < -0.3 is 14.4 Å². The summed E-state index contributed by atoms with van der Waals surface area (Å²) in [5, 5.41) is 0. The van der Waals surface area contributed by atoms with Gasteiger partial charge in [0.25, 0.3) is 0 Å². The van der Waals surface area contributed by atoms with Gasteiger partial charge >= 0.3 is 0 Å². The van der Waals surface area contributed by atoms with E-state index in [1.54, 1.807) is 19.0 Å². The third-order valence-electron chi connectivity index (χ3n) is 5.01. The third kappa shape index (κ3) is 3.81. The zero-order chi connectivity index (χ0) is 19.5. The summed E-state index contributed by atoms with van der Waals surface area (Å²) in [7, 11) is 3.56. The van der Waals surface area contributed by atoms with E-state index in [1.165, 1.54) is 6.20 Å². The van der Waals surface area contributed by atoms with Gasteiger partial charge in [0.05, 0.1) is 18.4 Å². The fraction of sp³-hybridized carbons (Fsp3) is 0.400. The Balaban J connectivity index is 1.54. The highest BCUT2D eigenvalue weighted by Crippen LogP contribution is 2.29. The van der Waals surface area contributed by atoms with Gasteiger partial charge in [-0.1, -0.05) is 6.07 Å². The first-order valence-corrected chi connectivity index (χ1v) is 9.47. The molecule has 1 aliphatic heterocycles. The van der Waals surface area contributed by atoms with Gasteiger partial charge in [0.1, 0.15) is 5.82 Å². The predicted molar refractivity (Wildman–Crippen MR) is 106 cm³/mol. The van der Waals surface area contributed by atoms with Crippen molar-refractivity contribution >= 4 is 11.8 Å². The molecule has 28 heavy (non-hydrogen) atoms. The van der Waals surface area contributed by atoms with Gasteiger partial charge in [-0.05, 0) is 25.0 Å². The van der Waals surface area contributed by atoms with Crippen LogP contribution >= 0.6 is 0 Å². The minimum atomic E-state index is -0.409. The number of nitrogens with zero attached hydrogens (tertiary/aromatic N) is 7. The number of piperidine rings is 1. The molecule has 0 saturated carbocycles. The molecule has 3 aromatic rings. The van der Waals surface area contributed by atoms with E-state index < -0.39 is 5.82 Å². The zero-order valence-electron chi connectivity index (χ0n) is 16.2. The molecule has 0 aromatic carbocycles. The maximum Gasteiger partial charge on any atom is 0.227 e. The summed E-state index contributed by atoms with van der Waals surface area (Å²) >= 11 is 0. The standard InChI is InChI=1S/C20H24FN7/c1-26(2)19-17(21)12-24-20(25-19)28-10-5-6-15(13-28)18-23-9-11-27(18)14-16-7-3-4-8-22-16/h3-4,7-9,11-12,15H,5-6,10,13-14H2,1-2H3/t15-/m1/s1. The monoisotopic (exact) mass is 381 g/mol. The van der Waals surface area contributed by atoms with Crippen LogP contribution in [0.3, 0.4) is 0 Å². The van der Waals surface area contributed by atoms with Crippen molar-refractivity contribution in [3.8, 4) is 0 Å². The molecule has 7 nitrogen and oxygen atoms in total. The molecule has 1 saturated heterocycles. The van der Waals surface area contributed by atoms with E-state index in [0.29, 0.717) is 18.3 Å². The first-order valence-electron chi connectivity index (χ1n) is 9.47. The Morgan fingerprint density at radius 2 is 2.07 bits per heavy atom. The Kier molecular flexibility index (Phi) is 5.18. The van der Waals surface area contributed by atoms with E-state index in [-0.39, 0.29) is 5.92 Å². The van der Waals surface area contributed by atoms with Crippen molar-refractivity contribution in [2.24, 2.45) is 0 Å². The van der Waals surface area contributed by atoms with Crippen molar-refractivity contribution in [3.63, 3.8) is 0 Å². The Labute approximate surface area is 163 Å². The normalized spacial score (nSPS) is 17.0. The second kappa shape index (κ2) is 7.92. The van der Waals surface area contributed by atoms with Gasteiger partial charge in [-0.2, -0.15) is 4.98 Å². The van der Waals surface area contributed by atoms with Gasteiger partial charge in [0, 0.05) is 51.7 Å². The minimum Gasteiger partial charge on any atom is -0.360 e. The number of aromatic nitrogens is 5. The lowest BCUT2D eigenvalue weighted by molar-refractivity contribution is 0.470. The molecule has 0 unspecified atom stereocenters. The smallest absolute Gasteiger partial charge is 0.227 e. The van der Waals surface area contributed by atoms with E-state index in [9.17, 15) is 4.39 Å². The van der Waals surface area contributed by atoms with Gasteiger partial charge in [0.15, 0.2) is 11.6 Å². The number of halogens is 1. The topological polar surface area (TPSA) is 63.0 Å². The summed E-state index contributed by atoms with van der Waals surface area (Å²) in [5.41, 5.74) is 1.01. The molecule has 0 amide bonds. The maximum absolute atomic E-state index is 13.9. The van der Waals surface area contributed by atoms with E-state index in [1.807, 2.05) is 36.8 Å². The summed E-state index contributed by atoms with van der Waals surface area (Å²) in [6, 6.07) is 5.93. The Morgan fingerprint density at radius 1 is 1.18 bits per heavy atom. The van der Waals surface area contributed by atoms with E-state index in [4.69, 9.17) is 0 Å². The van der Waals surface area contributed by atoms with Crippen LogP contribution < -0.4 is 9.80 Å². The van der Waals surface area contributed by atoms with Crippen LogP contribution in [0.15, 0.2) is 43.0 Å². The largest absolute Gasteiger partial charge is 0.360 e. The lowest BCUT2D eigenvalue weighted by atomic mass is 9.97. The molecule has 0 aliphatic carbocycles. The molecule has 1 atom stereocenters. The van der Waals surface area contributed by atoms with Gasteiger partial charge in [-0.15, -0.1) is 0 Å². The SMILES string of the molecule is CN(C)c1nc(N2CCC[C@@H](c3nccn3Cc3ccccn3)C2)ncc1F. The van der Waals surface area contributed by atoms with Crippen LogP contribution in [-0.2, 0) is 6.54 Å². The van der Waals surface area contributed by atoms with Crippen molar-refractivity contribution in [1.29, 1.82) is 0 Å². The fourth-order valence-electron chi connectivity index (χ4n) is 3.67. The second-order valence-electron chi connectivity index (χ2n) is 7.26. The average Bonchev–Trinajstić information content (AvgIpc) is 3.17. The predicted octanol–water partition coefficient (Wildman–Crippen LogP) is 2.71. The number of anilines is 2. The number of hydrogen-bond acceptors (Lipinski definition) is 6. The van der Waals surface area contributed by atoms with Crippen molar-refractivity contribution in [2.75, 3.05) is 37.0 Å². The molecule has 8 heteroatoms. The van der Waals surface area contributed by atoms with E-state index in [2.05, 4.69) is 29.4 Å². The quantitative estimate of drug-likeness (QED) is 0.677. The zero-order valence-corrected chi connectivity index (χ0v) is 16.2. The Hall–Kier alpha value is -3.03. The molecule has 0 radical (unpaired) electrons. The summed E-state index contributed by atoms with van der Waals surface area (Å²) in [6.45, 7) is 2.32. The lowest BCUT2D eigenvalue weighted by Crippen LogP contribution is -2.37. The molecular weight excluding hydrogens is 357 g/mol. The molecule has 1 aliphatic rings. The molecule has 0 spiro atoms. The fourth-order valence-corrected chi connectivity index (χ4v) is 3.67. The summed E-state index contributed by atoms with van der Waals surface area (Å²) in [6.07, 6.45) is 8.97. The highest BCUT2D eigenvalue weighted by Gasteiger charge is 2.27. The number of imidazole rings is 1. The van der Waals surface area contributed by atoms with Crippen molar-refractivity contribution in [2.45, 2.75) is 25.3 Å². The Morgan fingerprint density at radius 3 is 2.86 bits per heavy atom. The first kappa shape index (κ1) is 18.3. The number of hydrogen-bond donors (Lipinski definition) is 0. The molecule has 0 bridgehead atoms. The van der Waals surface area contributed by atoms with Crippen LogP contribution in [0, 0.1) is 5.82 Å². The number of rotatable bonds is 5. The second-order valence-corrected chi connectivity index (χ2v) is 7.26.